The van der Waals surface area contributed by atoms with Crippen molar-refractivity contribution in [3.63, 3.8) is 0 Å². The van der Waals surface area contributed by atoms with Crippen molar-refractivity contribution >= 4 is 17.3 Å². The molecule has 0 saturated heterocycles. The number of aliphatic carboxylic acids is 1. The van der Waals surface area contributed by atoms with Crippen LogP contribution in [0, 0.1) is 0 Å². The maximum absolute atomic E-state index is 11.1. The molecule has 84 valence electrons. The Morgan fingerprint density at radius 1 is 1.33 bits per heavy atom. The van der Waals surface area contributed by atoms with Gasteiger partial charge in [0.1, 0.15) is 0 Å². The Balaban J connectivity index is 3.10. The number of hydrogen-bond donors (Lipinski definition) is 1. The molecule has 0 aliphatic rings. The molecule has 1 N–H and O–H groups in total. The highest BCUT2D eigenvalue weighted by Gasteiger charge is 2.32. The zero-order valence-electron chi connectivity index (χ0n) is 9.79. The molecule has 1 rings (SSSR count). The third kappa shape index (κ3) is 2.37. The molecule has 0 atom stereocenters. The Hall–Kier alpha value is -0.900. The molecule has 0 unspecified atom stereocenters. The third-order valence-electron chi connectivity index (χ3n) is 2.30. The monoisotopic (exact) mass is 227 g/mol. The molecule has 0 bridgehead atoms. The van der Waals surface area contributed by atoms with Crippen molar-refractivity contribution in [2.45, 2.75) is 45.4 Å². The van der Waals surface area contributed by atoms with Crippen LogP contribution in [0.25, 0.3) is 0 Å². The molecule has 0 fully saturated rings. The van der Waals surface area contributed by atoms with E-state index in [0.717, 1.165) is 9.88 Å². The number of rotatable bonds is 2. The molecular formula is C11H17NO2S. The largest absolute Gasteiger partial charge is 0.481 e. The lowest BCUT2D eigenvalue weighted by Crippen LogP contribution is -2.27. The second-order valence-electron chi connectivity index (χ2n) is 5.21. The quantitative estimate of drug-likeness (QED) is 0.845. The van der Waals surface area contributed by atoms with E-state index in [-0.39, 0.29) is 5.41 Å². The second kappa shape index (κ2) is 3.59. The SMILES string of the molecule is CC(C)(C)c1ncc(C(C)(C)C(=O)O)s1. The summed E-state index contributed by atoms with van der Waals surface area (Å²) >= 11 is 1.48. The molecule has 0 aromatic carbocycles. The third-order valence-corrected chi connectivity index (χ3v) is 4.04. The van der Waals surface area contributed by atoms with Gasteiger partial charge in [-0.1, -0.05) is 20.8 Å². The van der Waals surface area contributed by atoms with Gasteiger partial charge in [0.2, 0.25) is 0 Å². The number of thiazole rings is 1. The van der Waals surface area contributed by atoms with Gasteiger partial charge in [-0.25, -0.2) is 4.98 Å². The average Bonchev–Trinajstić information content (AvgIpc) is 2.50. The molecule has 0 aliphatic carbocycles. The number of nitrogens with zero attached hydrogens (tertiary/aromatic N) is 1. The van der Waals surface area contributed by atoms with Crippen LogP contribution >= 0.6 is 11.3 Å². The number of carboxylic acids is 1. The second-order valence-corrected chi connectivity index (χ2v) is 6.24. The molecule has 4 heteroatoms. The molecular weight excluding hydrogens is 210 g/mol. The van der Waals surface area contributed by atoms with Crippen molar-refractivity contribution in [3.05, 3.63) is 16.1 Å². The van der Waals surface area contributed by atoms with Gasteiger partial charge < -0.3 is 5.11 Å². The lowest BCUT2D eigenvalue weighted by Gasteiger charge is -2.17. The summed E-state index contributed by atoms with van der Waals surface area (Å²) in [5, 5.41) is 10.1. The molecule has 0 radical (unpaired) electrons. The number of hydrogen-bond acceptors (Lipinski definition) is 3. The molecule has 1 aromatic heterocycles. The zero-order chi connectivity index (χ0) is 11.9. The van der Waals surface area contributed by atoms with Crippen LogP contribution in [-0.2, 0) is 15.6 Å². The fourth-order valence-electron chi connectivity index (χ4n) is 1.02. The number of aromatic nitrogens is 1. The van der Waals surface area contributed by atoms with E-state index < -0.39 is 11.4 Å². The standard InChI is InChI=1S/C11H17NO2S/c1-10(2,3)8-12-6-7(15-8)11(4,5)9(13)14/h6H,1-5H3,(H,13,14). The average molecular weight is 227 g/mol. The van der Waals surface area contributed by atoms with Crippen molar-refractivity contribution in [3.8, 4) is 0 Å². The molecule has 1 heterocycles. The predicted octanol–water partition coefficient (Wildman–Crippen LogP) is 2.80. The van der Waals surface area contributed by atoms with E-state index >= 15 is 0 Å². The summed E-state index contributed by atoms with van der Waals surface area (Å²) in [7, 11) is 0. The van der Waals surface area contributed by atoms with E-state index in [0.29, 0.717) is 0 Å². The summed E-state index contributed by atoms with van der Waals surface area (Å²) < 4.78 is 0. The minimum atomic E-state index is -0.846. The van der Waals surface area contributed by atoms with Gasteiger partial charge in [-0.2, -0.15) is 0 Å². The Morgan fingerprint density at radius 3 is 2.20 bits per heavy atom. The smallest absolute Gasteiger partial charge is 0.314 e. The summed E-state index contributed by atoms with van der Waals surface area (Å²) in [6.07, 6.45) is 1.68. The Bertz CT molecular complexity index is 374. The normalized spacial score (nSPS) is 12.9. The van der Waals surface area contributed by atoms with Crippen LogP contribution in [0.1, 0.15) is 44.5 Å². The Morgan fingerprint density at radius 2 is 1.87 bits per heavy atom. The highest BCUT2D eigenvalue weighted by atomic mass is 32.1. The summed E-state index contributed by atoms with van der Waals surface area (Å²) in [6.45, 7) is 9.63. The topological polar surface area (TPSA) is 50.2 Å². The fraction of sp³-hybridized carbons (Fsp3) is 0.636. The van der Waals surface area contributed by atoms with Gasteiger partial charge in [-0.15, -0.1) is 11.3 Å². The molecule has 0 aliphatic heterocycles. The van der Waals surface area contributed by atoms with Gasteiger partial charge in [0.25, 0.3) is 0 Å². The van der Waals surface area contributed by atoms with Gasteiger partial charge in [0.05, 0.1) is 10.4 Å². The van der Waals surface area contributed by atoms with Crippen LogP contribution in [0.5, 0.6) is 0 Å². The van der Waals surface area contributed by atoms with E-state index in [2.05, 4.69) is 25.8 Å². The first-order valence-electron chi connectivity index (χ1n) is 4.86. The van der Waals surface area contributed by atoms with E-state index in [1.807, 2.05) is 0 Å². The highest BCUT2D eigenvalue weighted by molar-refractivity contribution is 7.12. The minimum Gasteiger partial charge on any atom is -0.481 e. The van der Waals surface area contributed by atoms with E-state index in [1.165, 1.54) is 11.3 Å². The first kappa shape index (κ1) is 12.2. The maximum atomic E-state index is 11.1. The highest BCUT2D eigenvalue weighted by Crippen LogP contribution is 2.33. The number of carbonyl (C=O) groups is 1. The van der Waals surface area contributed by atoms with Gasteiger partial charge in [0.15, 0.2) is 0 Å². The lowest BCUT2D eigenvalue weighted by atomic mass is 9.92. The first-order chi connectivity index (χ1) is 6.65. The summed E-state index contributed by atoms with van der Waals surface area (Å²) in [4.78, 5) is 16.2. The Labute approximate surface area is 94.2 Å². The van der Waals surface area contributed by atoms with Crippen LogP contribution in [0.2, 0.25) is 0 Å². The minimum absolute atomic E-state index is 0.0164. The van der Waals surface area contributed by atoms with Crippen molar-refractivity contribution in [1.82, 2.24) is 4.98 Å². The number of carboxylic acid groups (broad SMARTS) is 1. The lowest BCUT2D eigenvalue weighted by molar-refractivity contribution is -0.142. The van der Waals surface area contributed by atoms with Crippen molar-refractivity contribution in [1.29, 1.82) is 0 Å². The fourth-order valence-corrected chi connectivity index (χ4v) is 2.08. The molecule has 0 saturated carbocycles. The summed E-state index contributed by atoms with van der Waals surface area (Å²) in [5.74, 6) is -0.813. The molecule has 1 aromatic rings. The predicted molar refractivity (Wildman–Crippen MR) is 61.5 cm³/mol. The van der Waals surface area contributed by atoms with Crippen LogP contribution < -0.4 is 0 Å². The van der Waals surface area contributed by atoms with Crippen molar-refractivity contribution < 1.29 is 9.90 Å². The van der Waals surface area contributed by atoms with Gasteiger partial charge in [-0.3, -0.25) is 4.79 Å². The summed E-state index contributed by atoms with van der Waals surface area (Å²) in [5.41, 5.74) is -0.862. The molecule has 3 nitrogen and oxygen atoms in total. The van der Waals surface area contributed by atoms with Crippen LogP contribution in [0.4, 0.5) is 0 Å². The maximum Gasteiger partial charge on any atom is 0.314 e. The molecule has 0 amide bonds. The van der Waals surface area contributed by atoms with Gasteiger partial charge in [0, 0.05) is 16.5 Å². The van der Waals surface area contributed by atoms with Gasteiger partial charge in [-0.05, 0) is 13.8 Å². The zero-order valence-corrected chi connectivity index (χ0v) is 10.6. The van der Waals surface area contributed by atoms with Crippen molar-refractivity contribution in [2.75, 3.05) is 0 Å². The van der Waals surface area contributed by atoms with Crippen LogP contribution in [0.15, 0.2) is 6.20 Å². The van der Waals surface area contributed by atoms with E-state index in [1.54, 1.807) is 20.0 Å². The molecule has 15 heavy (non-hydrogen) atoms. The summed E-state index contributed by atoms with van der Waals surface area (Å²) in [6, 6.07) is 0. The van der Waals surface area contributed by atoms with Crippen molar-refractivity contribution in [2.24, 2.45) is 0 Å². The van der Waals surface area contributed by atoms with Gasteiger partial charge >= 0.3 is 5.97 Å². The van der Waals surface area contributed by atoms with E-state index in [9.17, 15) is 4.79 Å². The van der Waals surface area contributed by atoms with Crippen LogP contribution in [0.3, 0.4) is 0 Å². The first-order valence-corrected chi connectivity index (χ1v) is 5.67. The van der Waals surface area contributed by atoms with Crippen LogP contribution in [-0.4, -0.2) is 16.1 Å². The van der Waals surface area contributed by atoms with E-state index in [4.69, 9.17) is 5.11 Å². The Kier molecular flexibility index (Phi) is 2.92. The molecule has 0 spiro atoms.